The van der Waals surface area contributed by atoms with Crippen LogP contribution in [0.15, 0.2) is 52.4 Å². The summed E-state index contributed by atoms with van der Waals surface area (Å²) >= 11 is 1.26. The molecule has 0 radical (unpaired) electrons. The van der Waals surface area contributed by atoms with E-state index in [2.05, 4.69) is 4.99 Å². The van der Waals surface area contributed by atoms with E-state index in [1.54, 1.807) is 32.4 Å². The van der Waals surface area contributed by atoms with E-state index in [0.29, 0.717) is 27.3 Å². The summed E-state index contributed by atoms with van der Waals surface area (Å²) in [5, 5.41) is 0.525. The Balaban J connectivity index is 1.95. The number of benzene rings is 2. The molecular formula is C21H21FN2O3S. The minimum absolute atomic E-state index is 0.0429. The lowest BCUT2D eigenvalue weighted by Crippen LogP contribution is -2.23. The third-order valence-electron chi connectivity index (χ3n) is 3.92. The number of halogens is 1. The van der Waals surface area contributed by atoms with Crippen molar-refractivity contribution in [1.29, 1.82) is 0 Å². The molecule has 2 aromatic carbocycles. The normalized spacial score (nSPS) is 17.1. The Hall–Kier alpha value is -2.80. The van der Waals surface area contributed by atoms with Crippen molar-refractivity contribution in [1.82, 2.24) is 4.90 Å². The summed E-state index contributed by atoms with van der Waals surface area (Å²) in [5.41, 5.74) is 1.33. The smallest absolute Gasteiger partial charge is 0.266 e. The van der Waals surface area contributed by atoms with Crippen molar-refractivity contribution < 1.29 is 18.7 Å². The van der Waals surface area contributed by atoms with Gasteiger partial charge in [0.2, 0.25) is 0 Å². The molecule has 0 N–H and O–H groups in total. The molecule has 0 bridgehead atoms. The molecule has 0 unspecified atom stereocenters. The van der Waals surface area contributed by atoms with Crippen molar-refractivity contribution in [2.24, 2.45) is 4.99 Å². The summed E-state index contributed by atoms with van der Waals surface area (Å²) in [6, 6.07) is 11.3. The number of hydrogen-bond donors (Lipinski definition) is 0. The molecule has 1 aliphatic heterocycles. The third kappa shape index (κ3) is 4.36. The first-order valence-electron chi connectivity index (χ1n) is 8.74. The summed E-state index contributed by atoms with van der Waals surface area (Å²) in [6.07, 6.45) is 1.73. The fraction of sp³-hybridized carbons (Fsp3) is 0.238. The van der Waals surface area contributed by atoms with Gasteiger partial charge >= 0.3 is 0 Å². The summed E-state index contributed by atoms with van der Waals surface area (Å²) < 4.78 is 24.4. The Morgan fingerprint density at radius 3 is 2.54 bits per heavy atom. The van der Waals surface area contributed by atoms with Crippen LogP contribution in [0.4, 0.5) is 10.1 Å². The number of rotatable bonds is 5. The van der Waals surface area contributed by atoms with Gasteiger partial charge in [0.1, 0.15) is 5.82 Å². The van der Waals surface area contributed by atoms with Gasteiger partial charge in [-0.2, -0.15) is 0 Å². The van der Waals surface area contributed by atoms with Crippen LogP contribution in [0.5, 0.6) is 11.5 Å². The molecule has 146 valence electrons. The van der Waals surface area contributed by atoms with Crippen LogP contribution in [-0.2, 0) is 4.79 Å². The highest BCUT2D eigenvalue weighted by Crippen LogP contribution is 2.38. The molecule has 2 aromatic rings. The number of aliphatic imine (C=N–C) groups is 1. The molecule has 3 rings (SSSR count). The zero-order valence-corrected chi connectivity index (χ0v) is 16.9. The maximum absolute atomic E-state index is 13.1. The van der Waals surface area contributed by atoms with Gasteiger partial charge in [0, 0.05) is 12.6 Å². The van der Waals surface area contributed by atoms with E-state index in [1.165, 1.54) is 28.8 Å². The second-order valence-electron chi connectivity index (χ2n) is 6.39. The van der Waals surface area contributed by atoms with Gasteiger partial charge in [0.15, 0.2) is 16.7 Å². The van der Waals surface area contributed by atoms with E-state index < -0.39 is 0 Å². The molecule has 1 amide bonds. The quantitative estimate of drug-likeness (QED) is 0.673. The van der Waals surface area contributed by atoms with Crippen molar-refractivity contribution in [3.05, 3.63) is 58.8 Å². The molecular weight excluding hydrogens is 379 g/mol. The summed E-state index contributed by atoms with van der Waals surface area (Å²) in [4.78, 5) is 19.1. The Morgan fingerprint density at radius 2 is 1.89 bits per heavy atom. The lowest BCUT2D eigenvalue weighted by Gasteiger charge is -2.16. The van der Waals surface area contributed by atoms with Crippen LogP contribution in [0.3, 0.4) is 0 Å². The van der Waals surface area contributed by atoms with E-state index in [-0.39, 0.29) is 17.8 Å². The molecule has 7 heteroatoms. The largest absolute Gasteiger partial charge is 0.493 e. The van der Waals surface area contributed by atoms with Gasteiger partial charge in [0.05, 0.1) is 23.8 Å². The first kappa shape index (κ1) is 19.9. The number of amidine groups is 1. The Kier molecular flexibility index (Phi) is 6.04. The molecule has 0 aliphatic carbocycles. The van der Waals surface area contributed by atoms with Gasteiger partial charge in [0.25, 0.3) is 5.91 Å². The zero-order chi connectivity index (χ0) is 20.3. The van der Waals surface area contributed by atoms with Crippen LogP contribution >= 0.6 is 11.8 Å². The number of carbonyl (C=O) groups excluding carboxylic acids is 1. The van der Waals surface area contributed by atoms with Gasteiger partial charge < -0.3 is 9.47 Å². The van der Waals surface area contributed by atoms with Crippen molar-refractivity contribution in [2.45, 2.75) is 20.0 Å². The minimum Gasteiger partial charge on any atom is -0.493 e. The zero-order valence-electron chi connectivity index (χ0n) is 16.1. The SMILES string of the molecule is COc1cccc(/C=C2/SC(=Nc3ccc(F)cc3)N(C)C2=O)c1OC(C)C. The molecule has 0 saturated carbocycles. The topological polar surface area (TPSA) is 51.1 Å². The van der Waals surface area contributed by atoms with E-state index in [4.69, 9.17) is 9.47 Å². The lowest BCUT2D eigenvalue weighted by molar-refractivity contribution is -0.121. The van der Waals surface area contributed by atoms with E-state index in [0.717, 1.165) is 5.56 Å². The number of para-hydroxylation sites is 1. The monoisotopic (exact) mass is 400 g/mol. The summed E-state index contributed by atoms with van der Waals surface area (Å²) in [6.45, 7) is 3.86. The van der Waals surface area contributed by atoms with Crippen LogP contribution in [0.1, 0.15) is 19.4 Å². The van der Waals surface area contributed by atoms with Crippen LogP contribution in [0, 0.1) is 5.82 Å². The first-order valence-corrected chi connectivity index (χ1v) is 9.56. The van der Waals surface area contributed by atoms with E-state index >= 15 is 0 Å². The van der Waals surface area contributed by atoms with Crippen LogP contribution in [-0.4, -0.2) is 36.2 Å². The fourth-order valence-electron chi connectivity index (χ4n) is 2.59. The van der Waals surface area contributed by atoms with Crippen molar-refractivity contribution in [3.8, 4) is 11.5 Å². The number of carbonyl (C=O) groups is 1. The van der Waals surface area contributed by atoms with Crippen molar-refractivity contribution in [3.63, 3.8) is 0 Å². The highest BCUT2D eigenvalue weighted by molar-refractivity contribution is 8.18. The van der Waals surface area contributed by atoms with Gasteiger partial charge in [-0.1, -0.05) is 12.1 Å². The predicted octanol–water partition coefficient (Wildman–Crippen LogP) is 4.86. The van der Waals surface area contributed by atoms with Gasteiger partial charge in [-0.05, 0) is 62.0 Å². The predicted molar refractivity (Wildman–Crippen MR) is 111 cm³/mol. The highest BCUT2D eigenvalue weighted by Gasteiger charge is 2.30. The van der Waals surface area contributed by atoms with Crippen LogP contribution in [0.25, 0.3) is 6.08 Å². The second-order valence-corrected chi connectivity index (χ2v) is 7.40. The maximum Gasteiger partial charge on any atom is 0.266 e. The van der Waals surface area contributed by atoms with Gasteiger partial charge in [-0.25, -0.2) is 9.38 Å². The minimum atomic E-state index is -0.330. The number of thioether (sulfide) groups is 1. The number of hydrogen-bond acceptors (Lipinski definition) is 5. The van der Waals surface area contributed by atoms with Gasteiger partial charge in [-0.15, -0.1) is 0 Å². The third-order valence-corrected chi connectivity index (χ3v) is 4.98. The summed E-state index contributed by atoms with van der Waals surface area (Å²) in [7, 11) is 3.24. The molecule has 0 atom stereocenters. The molecule has 1 aliphatic rings. The molecule has 0 aromatic heterocycles. The number of nitrogens with zero attached hydrogens (tertiary/aromatic N) is 2. The Labute approximate surface area is 167 Å². The number of ether oxygens (including phenoxy) is 2. The van der Waals surface area contributed by atoms with E-state index in [1.807, 2.05) is 32.0 Å². The van der Waals surface area contributed by atoms with E-state index in [9.17, 15) is 9.18 Å². The van der Waals surface area contributed by atoms with Crippen molar-refractivity contribution >= 4 is 34.6 Å². The molecule has 1 fully saturated rings. The Bertz CT molecular complexity index is 939. The molecule has 0 spiro atoms. The maximum atomic E-state index is 13.1. The van der Waals surface area contributed by atoms with Crippen molar-refractivity contribution in [2.75, 3.05) is 14.2 Å². The number of amides is 1. The molecule has 1 heterocycles. The Morgan fingerprint density at radius 1 is 1.18 bits per heavy atom. The van der Waals surface area contributed by atoms with Crippen LogP contribution in [0.2, 0.25) is 0 Å². The average Bonchev–Trinajstić information content (AvgIpc) is 2.92. The number of likely N-dealkylation sites (N-methyl/N-ethyl adjacent to an activating group) is 1. The highest BCUT2D eigenvalue weighted by atomic mass is 32.2. The van der Waals surface area contributed by atoms with Gasteiger partial charge in [-0.3, -0.25) is 9.69 Å². The molecule has 1 saturated heterocycles. The average molecular weight is 400 g/mol. The lowest BCUT2D eigenvalue weighted by atomic mass is 10.1. The molecule has 28 heavy (non-hydrogen) atoms. The fourth-order valence-corrected chi connectivity index (χ4v) is 3.57. The number of methoxy groups -OCH3 is 1. The second kappa shape index (κ2) is 8.48. The standard InChI is InChI=1S/C21H21FN2O3S/c1-13(2)27-19-14(6-5-7-17(19)26-4)12-18-20(25)24(3)21(28-18)23-16-10-8-15(22)9-11-16/h5-13H,1-4H3/b18-12+,23-21?. The molecule has 5 nitrogen and oxygen atoms in total. The first-order chi connectivity index (χ1) is 13.4. The van der Waals surface area contributed by atoms with Crippen LogP contribution < -0.4 is 9.47 Å². The summed E-state index contributed by atoms with van der Waals surface area (Å²) in [5.74, 6) is 0.701.